The predicted octanol–water partition coefficient (Wildman–Crippen LogP) is 4.19. The smallest absolute Gasteiger partial charge is 0.258 e. The van der Waals surface area contributed by atoms with Gasteiger partial charge in [0.05, 0.1) is 21.3 Å². The number of hydrogen-bond donors (Lipinski definition) is 0. The van der Waals surface area contributed by atoms with Crippen molar-refractivity contribution in [3.05, 3.63) is 40.9 Å². The van der Waals surface area contributed by atoms with Gasteiger partial charge >= 0.3 is 0 Å². The van der Waals surface area contributed by atoms with Gasteiger partial charge in [0.25, 0.3) is 5.89 Å². The van der Waals surface area contributed by atoms with Crippen LogP contribution in [0.3, 0.4) is 0 Å². The second kappa shape index (κ2) is 6.92. The van der Waals surface area contributed by atoms with Crippen molar-refractivity contribution in [3.63, 3.8) is 0 Å². The van der Waals surface area contributed by atoms with E-state index in [1.54, 1.807) is 33.5 Å². The highest BCUT2D eigenvalue weighted by Crippen LogP contribution is 2.41. The lowest BCUT2D eigenvalue weighted by molar-refractivity contribution is 0.324. The molecule has 7 heteroatoms. The van der Waals surface area contributed by atoms with Crippen molar-refractivity contribution in [1.29, 1.82) is 0 Å². The molecular weight excluding hydrogens is 376 g/mol. The summed E-state index contributed by atoms with van der Waals surface area (Å²) < 4.78 is 22.4. The van der Waals surface area contributed by atoms with E-state index < -0.39 is 0 Å². The highest BCUT2D eigenvalue weighted by molar-refractivity contribution is 9.10. The summed E-state index contributed by atoms with van der Waals surface area (Å²) in [5.74, 6) is 2.43. The minimum absolute atomic E-state index is 0.368. The monoisotopic (exact) mass is 390 g/mol. The lowest BCUT2D eigenvalue weighted by atomic mass is 10.1. The van der Waals surface area contributed by atoms with Gasteiger partial charge in [0, 0.05) is 15.6 Å². The van der Waals surface area contributed by atoms with Crippen LogP contribution in [-0.2, 0) is 0 Å². The Hall–Kier alpha value is -2.54. The predicted molar refractivity (Wildman–Crippen MR) is 92.5 cm³/mol. The van der Waals surface area contributed by atoms with Crippen LogP contribution < -0.4 is 14.2 Å². The Bertz CT molecular complexity index is 821. The van der Waals surface area contributed by atoms with E-state index in [1.165, 1.54) is 0 Å². The largest absolute Gasteiger partial charge is 0.493 e. The van der Waals surface area contributed by atoms with E-state index >= 15 is 0 Å². The Morgan fingerprint density at radius 2 is 1.50 bits per heavy atom. The third kappa shape index (κ3) is 3.07. The fourth-order valence-electron chi connectivity index (χ4n) is 2.26. The maximum absolute atomic E-state index is 5.38. The van der Waals surface area contributed by atoms with Crippen molar-refractivity contribution < 1.29 is 18.7 Å². The topological polar surface area (TPSA) is 66.6 Å². The Kier molecular flexibility index (Phi) is 4.71. The first-order valence-electron chi connectivity index (χ1n) is 7.06. The maximum atomic E-state index is 5.38. The first-order valence-corrected chi connectivity index (χ1v) is 7.85. The van der Waals surface area contributed by atoms with Crippen molar-refractivity contribution in [3.8, 4) is 40.1 Å². The number of benzene rings is 2. The number of ether oxygens (including phenoxy) is 3. The lowest BCUT2D eigenvalue weighted by Gasteiger charge is -2.12. The maximum Gasteiger partial charge on any atom is 0.258 e. The minimum Gasteiger partial charge on any atom is -0.493 e. The molecule has 0 amide bonds. The molecular formula is C17H15BrN2O4. The third-order valence-corrected chi connectivity index (χ3v) is 3.97. The van der Waals surface area contributed by atoms with E-state index in [0.29, 0.717) is 34.5 Å². The second-order valence-electron chi connectivity index (χ2n) is 4.84. The van der Waals surface area contributed by atoms with Gasteiger partial charge in [-0.25, -0.2) is 0 Å². The van der Waals surface area contributed by atoms with Gasteiger partial charge in [0.2, 0.25) is 11.6 Å². The minimum atomic E-state index is 0.368. The fraction of sp³-hybridized carbons (Fsp3) is 0.176. The summed E-state index contributed by atoms with van der Waals surface area (Å²) in [7, 11) is 4.67. The summed E-state index contributed by atoms with van der Waals surface area (Å²) in [6.45, 7) is 0. The molecule has 3 rings (SSSR count). The van der Waals surface area contributed by atoms with Gasteiger partial charge in [-0.1, -0.05) is 21.1 Å². The summed E-state index contributed by atoms with van der Waals surface area (Å²) in [6, 6.07) is 11.2. The van der Waals surface area contributed by atoms with Crippen LogP contribution >= 0.6 is 15.9 Å². The van der Waals surface area contributed by atoms with Crippen molar-refractivity contribution >= 4 is 15.9 Å². The fourth-order valence-corrected chi connectivity index (χ4v) is 2.53. The van der Waals surface area contributed by atoms with Crippen molar-refractivity contribution in [2.75, 3.05) is 21.3 Å². The van der Waals surface area contributed by atoms with Gasteiger partial charge in [-0.15, -0.1) is 0 Å². The van der Waals surface area contributed by atoms with E-state index in [-0.39, 0.29) is 0 Å². The number of aromatic nitrogens is 2. The Labute approximate surface area is 147 Å². The molecule has 0 bridgehead atoms. The molecule has 0 unspecified atom stereocenters. The molecule has 3 aromatic rings. The molecule has 0 radical (unpaired) electrons. The van der Waals surface area contributed by atoms with Gasteiger partial charge in [-0.05, 0) is 36.4 Å². The Balaban J connectivity index is 2.02. The summed E-state index contributed by atoms with van der Waals surface area (Å²) in [5, 5.41) is 4.03. The third-order valence-electron chi connectivity index (χ3n) is 3.44. The van der Waals surface area contributed by atoms with Crippen LogP contribution in [0.2, 0.25) is 0 Å². The van der Waals surface area contributed by atoms with Gasteiger partial charge in [-0.2, -0.15) is 4.98 Å². The van der Waals surface area contributed by atoms with Crippen LogP contribution in [0.1, 0.15) is 0 Å². The number of hydrogen-bond acceptors (Lipinski definition) is 6. The molecule has 0 N–H and O–H groups in total. The van der Waals surface area contributed by atoms with Crippen LogP contribution in [0.5, 0.6) is 17.2 Å². The molecule has 124 valence electrons. The molecule has 6 nitrogen and oxygen atoms in total. The summed E-state index contributed by atoms with van der Waals surface area (Å²) in [4.78, 5) is 4.44. The van der Waals surface area contributed by atoms with Crippen molar-refractivity contribution in [1.82, 2.24) is 10.1 Å². The standard InChI is InChI=1S/C17H15BrN2O4/c1-21-13-8-11(9-14(22-2)15(13)23-3)17-19-16(20-24-17)10-4-6-12(18)7-5-10/h4-9H,1-3H3. The molecule has 24 heavy (non-hydrogen) atoms. The summed E-state index contributed by atoms with van der Waals surface area (Å²) >= 11 is 3.40. The Morgan fingerprint density at radius 3 is 2.04 bits per heavy atom. The molecule has 0 saturated carbocycles. The van der Waals surface area contributed by atoms with Crippen molar-refractivity contribution in [2.24, 2.45) is 0 Å². The van der Waals surface area contributed by atoms with Crippen LogP contribution in [0.25, 0.3) is 22.8 Å². The zero-order valence-corrected chi connectivity index (χ0v) is 15.0. The molecule has 0 aliphatic rings. The van der Waals surface area contributed by atoms with Gasteiger partial charge in [0.1, 0.15) is 0 Å². The lowest BCUT2D eigenvalue weighted by Crippen LogP contribution is -1.95. The number of halogens is 1. The van der Waals surface area contributed by atoms with Crippen molar-refractivity contribution in [2.45, 2.75) is 0 Å². The molecule has 0 saturated heterocycles. The van der Waals surface area contributed by atoms with Crippen LogP contribution in [-0.4, -0.2) is 31.5 Å². The molecule has 0 atom stereocenters. The molecule has 1 aromatic heterocycles. The normalized spacial score (nSPS) is 10.5. The van der Waals surface area contributed by atoms with Crippen LogP contribution in [0.15, 0.2) is 45.4 Å². The van der Waals surface area contributed by atoms with Gasteiger partial charge in [0.15, 0.2) is 11.5 Å². The first kappa shape index (κ1) is 16.3. The van der Waals surface area contributed by atoms with E-state index in [0.717, 1.165) is 10.0 Å². The number of methoxy groups -OCH3 is 3. The Morgan fingerprint density at radius 1 is 0.875 bits per heavy atom. The van der Waals surface area contributed by atoms with E-state index in [4.69, 9.17) is 18.7 Å². The summed E-state index contributed by atoms with van der Waals surface area (Å²) in [5.41, 5.74) is 1.54. The molecule has 0 aliphatic carbocycles. The zero-order chi connectivity index (χ0) is 17.1. The van der Waals surface area contributed by atoms with E-state index in [9.17, 15) is 0 Å². The molecule has 0 spiro atoms. The van der Waals surface area contributed by atoms with E-state index in [2.05, 4.69) is 26.1 Å². The quantitative estimate of drug-likeness (QED) is 0.650. The van der Waals surface area contributed by atoms with Crippen LogP contribution in [0.4, 0.5) is 0 Å². The SMILES string of the molecule is COc1cc(-c2nc(-c3ccc(Br)cc3)no2)cc(OC)c1OC. The number of nitrogens with zero attached hydrogens (tertiary/aromatic N) is 2. The highest BCUT2D eigenvalue weighted by atomic mass is 79.9. The molecule has 1 heterocycles. The summed E-state index contributed by atoms with van der Waals surface area (Å²) in [6.07, 6.45) is 0. The highest BCUT2D eigenvalue weighted by Gasteiger charge is 2.18. The molecule has 2 aromatic carbocycles. The average molecular weight is 391 g/mol. The van der Waals surface area contributed by atoms with Gasteiger partial charge in [-0.3, -0.25) is 0 Å². The second-order valence-corrected chi connectivity index (χ2v) is 5.76. The zero-order valence-electron chi connectivity index (χ0n) is 13.4. The number of rotatable bonds is 5. The molecule has 0 aliphatic heterocycles. The molecule has 0 fully saturated rings. The van der Waals surface area contributed by atoms with Crippen LogP contribution in [0, 0.1) is 0 Å². The first-order chi connectivity index (χ1) is 11.7. The average Bonchev–Trinajstić information content (AvgIpc) is 3.11. The van der Waals surface area contributed by atoms with Gasteiger partial charge < -0.3 is 18.7 Å². The van der Waals surface area contributed by atoms with E-state index in [1.807, 2.05) is 24.3 Å².